The molecule has 1 amide bonds. The van der Waals surface area contributed by atoms with E-state index in [9.17, 15) is 13.2 Å². The number of carbonyl (C=O) groups excluding carboxylic acids is 1. The van der Waals surface area contributed by atoms with E-state index in [4.69, 9.17) is 11.6 Å². The molecule has 0 bridgehead atoms. The van der Waals surface area contributed by atoms with E-state index in [2.05, 4.69) is 10.8 Å². The number of hydrogen-bond donors (Lipinski definition) is 1. The first-order chi connectivity index (χ1) is 13.9. The van der Waals surface area contributed by atoms with E-state index >= 15 is 0 Å². The molecule has 5 nitrogen and oxygen atoms in total. The molecule has 29 heavy (non-hydrogen) atoms. The van der Waals surface area contributed by atoms with Crippen LogP contribution in [0.1, 0.15) is 21.5 Å². The first kappa shape index (κ1) is 19.5. The smallest absolute Gasteiger partial charge is 0.263 e. The van der Waals surface area contributed by atoms with E-state index in [1.807, 2.05) is 18.2 Å². The highest BCUT2D eigenvalue weighted by atomic mass is 35.5. The van der Waals surface area contributed by atoms with Crippen molar-refractivity contribution in [3.8, 4) is 0 Å². The molecule has 1 N–H and O–H groups in total. The second kappa shape index (κ2) is 7.89. The lowest BCUT2D eigenvalue weighted by molar-refractivity contribution is 0.0734. The Morgan fingerprint density at radius 3 is 2.38 bits per heavy atom. The number of para-hydroxylation sites is 1. The summed E-state index contributed by atoms with van der Waals surface area (Å²) >= 11 is 6.16. The minimum Gasteiger partial charge on any atom is -0.334 e. The van der Waals surface area contributed by atoms with E-state index in [1.54, 1.807) is 41.3 Å². The van der Waals surface area contributed by atoms with Gasteiger partial charge in [0, 0.05) is 24.3 Å². The summed E-state index contributed by atoms with van der Waals surface area (Å²) in [7, 11) is -3.93. The Bertz CT molecular complexity index is 1160. The highest BCUT2D eigenvalue weighted by molar-refractivity contribution is 7.92. The zero-order valence-electron chi connectivity index (χ0n) is 15.5. The van der Waals surface area contributed by atoms with Crippen LogP contribution in [-0.2, 0) is 23.0 Å². The van der Waals surface area contributed by atoms with Crippen LogP contribution < -0.4 is 4.72 Å². The molecule has 0 aromatic heterocycles. The zero-order valence-corrected chi connectivity index (χ0v) is 17.1. The fourth-order valence-corrected chi connectivity index (χ4v) is 5.00. The van der Waals surface area contributed by atoms with Crippen molar-refractivity contribution in [1.29, 1.82) is 0 Å². The summed E-state index contributed by atoms with van der Waals surface area (Å²) in [5.74, 6) is -0.215. The van der Waals surface area contributed by atoms with E-state index in [-0.39, 0.29) is 15.8 Å². The lowest BCUT2D eigenvalue weighted by Crippen LogP contribution is -2.36. The van der Waals surface area contributed by atoms with Crippen LogP contribution in [-0.4, -0.2) is 25.8 Å². The van der Waals surface area contributed by atoms with Crippen molar-refractivity contribution in [2.45, 2.75) is 17.9 Å². The molecule has 0 saturated carbocycles. The van der Waals surface area contributed by atoms with Gasteiger partial charge < -0.3 is 4.90 Å². The van der Waals surface area contributed by atoms with Gasteiger partial charge in [0.15, 0.2) is 0 Å². The summed E-state index contributed by atoms with van der Waals surface area (Å²) in [4.78, 5) is 14.6. The van der Waals surface area contributed by atoms with Gasteiger partial charge in [-0.15, -0.1) is 0 Å². The molecular formula is C22H19ClN2O3S. The number of fused-ring (bicyclic) bond motifs is 1. The van der Waals surface area contributed by atoms with Gasteiger partial charge in [-0.25, -0.2) is 8.42 Å². The molecule has 3 aromatic rings. The van der Waals surface area contributed by atoms with Gasteiger partial charge >= 0.3 is 0 Å². The summed E-state index contributed by atoms with van der Waals surface area (Å²) in [6.45, 7) is 1.09. The zero-order chi connectivity index (χ0) is 20.4. The highest BCUT2D eigenvalue weighted by Crippen LogP contribution is 2.27. The van der Waals surface area contributed by atoms with Crippen LogP contribution in [0.2, 0.25) is 5.02 Å². The summed E-state index contributed by atoms with van der Waals surface area (Å²) in [6.07, 6.45) is 0.774. The van der Waals surface area contributed by atoms with Gasteiger partial charge in [0.1, 0.15) is 4.90 Å². The number of anilines is 1. The summed E-state index contributed by atoms with van der Waals surface area (Å²) in [5, 5.41) is 0.0639. The molecule has 0 spiro atoms. The lowest BCUT2D eigenvalue weighted by atomic mass is 9.99. The number of halogens is 1. The summed E-state index contributed by atoms with van der Waals surface area (Å²) in [5.41, 5.74) is 3.07. The Morgan fingerprint density at radius 1 is 0.931 bits per heavy atom. The van der Waals surface area contributed by atoms with Crippen molar-refractivity contribution in [3.63, 3.8) is 0 Å². The van der Waals surface area contributed by atoms with Crippen molar-refractivity contribution in [2.24, 2.45) is 0 Å². The van der Waals surface area contributed by atoms with Gasteiger partial charge in [0.25, 0.3) is 15.9 Å². The fraction of sp³-hybridized carbons (Fsp3) is 0.136. The standard InChI is InChI=1S/C22H19ClN2O3S/c23-20-11-10-17(14-21(20)29(27,28)24-19-8-2-1-3-9-19)22(26)25-13-12-16-6-4-5-7-18(16)15-25/h1-11,14,24H,12-13,15H2. The average Bonchev–Trinajstić information content (AvgIpc) is 2.73. The highest BCUT2D eigenvalue weighted by Gasteiger charge is 2.25. The average molecular weight is 427 g/mol. The molecule has 0 fully saturated rings. The number of amides is 1. The van der Waals surface area contributed by atoms with Crippen molar-refractivity contribution < 1.29 is 13.2 Å². The molecule has 7 heteroatoms. The molecule has 0 saturated heterocycles. The van der Waals surface area contributed by atoms with Gasteiger partial charge in [-0.05, 0) is 47.9 Å². The Kier molecular flexibility index (Phi) is 5.30. The maximum Gasteiger partial charge on any atom is 0.263 e. The number of carbonyl (C=O) groups is 1. The SMILES string of the molecule is O=C(c1ccc(Cl)c(S(=O)(=O)Nc2ccccc2)c1)N1CCc2ccccc2C1. The third-order valence-electron chi connectivity index (χ3n) is 4.91. The Morgan fingerprint density at radius 2 is 1.62 bits per heavy atom. The Balaban J connectivity index is 1.61. The van der Waals surface area contributed by atoms with Crippen LogP contribution >= 0.6 is 11.6 Å². The van der Waals surface area contributed by atoms with E-state index in [1.165, 1.54) is 17.7 Å². The molecular weight excluding hydrogens is 408 g/mol. The number of sulfonamides is 1. The summed E-state index contributed by atoms with van der Waals surface area (Å²) < 4.78 is 28.1. The summed E-state index contributed by atoms with van der Waals surface area (Å²) in [6, 6.07) is 20.9. The molecule has 0 radical (unpaired) electrons. The third kappa shape index (κ3) is 4.13. The Labute approximate surface area is 175 Å². The fourth-order valence-electron chi connectivity index (χ4n) is 3.41. The number of benzene rings is 3. The maximum absolute atomic E-state index is 13.0. The van der Waals surface area contributed by atoms with Crippen molar-refractivity contribution in [1.82, 2.24) is 4.90 Å². The molecule has 4 rings (SSSR count). The van der Waals surface area contributed by atoms with Gasteiger partial charge in [0.2, 0.25) is 0 Å². The number of nitrogens with one attached hydrogen (secondary N) is 1. The third-order valence-corrected chi connectivity index (χ3v) is 6.77. The molecule has 1 heterocycles. The van der Waals surface area contributed by atoms with Gasteiger partial charge in [-0.3, -0.25) is 9.52 Å². The van der Waals surface area contributed by atoms with Crippen LogP contribution in [0.3, 0.4) is 0 Å². The van der Waals surface area contributed by atoms with Gasteiger partial charge in [-0.1, -0.05) is 54.1 Å². The first-order valence-corrected chi connectivity index (χ1v) is 11.0. The molecule has 148 valence electrons. The first-order valence-electron chi connectivity index (χ1n) is 9.17. The molecule has 1 aliphatic rings. The molecule has 0 unspecified atom stereocenters. The van der Waals surface area contributed by atoms with Crippen LogP contribution in [0.15, 0.2) is 77.7 Å². The topological polar surface area (TPSA) is 66.5 Å². The van der Waals surface area contributed by atoms with Crippen LogP contribution in [0, 0.1) is 0 Å². The number of hydrogen-bond acceptors (Lipinski definition) is 3. The minimum atomic E-state index is -3.93. The Hall–Kier alpha value is -2.83. The van der Waals surface area contributed by atoms with Crippen LogP contribution in [0.5, 0.6) is 0 Å². The van der Waals surface area contributed by atoms with Crippen LogP contribution in [0.4, 0.5) is 5.69 Å². The predicted octanol–water partition coefficient (Wildman–Crippen LogP) is 4.34. The van der Waals surface area contributed by atoms with E-state index in [0.29, 0.717) is 24.3 Å². The molecule has 0 aliphatic carbocycles. The van der Waals surface area contributed by atoms with Crippen molar-refractivity contribution in [3.05, 3.63) is 94.5 Å². The maximum atomic E-state index is 13.0. The molecule has 3 aromatic carbocycles. The second-order valence-corrected chi connectivity index (χ2v) is 8.92. The lowest BCUT2D eigenvalue weighted by Gasteiger charge is -2.29. The number of rotatable bonds is 4. The second-order valence-electron chi connectivity index (χ2n) is 6.86. The monoisotopic (exact) mass is 426 g/mol. The van der Waals surface area contributed by atoms with Crippen molar-refractivity contribution in [2.75, 3.05) is 11.3 Å². The largest absolute Gasteiger partial charge is 0.334 e. The van der Waals surface area contributed by atoms with Gasteiger partial charge in [-0.2, -0.15) is 0 Å². The normalized spacial score (nSPS) is 13.6. The minimum absolute atomic E-state index is 0.0639. The van der Waals surface area contributed by atoms with Gasteiger partial charge in [0.05, 0.1) is 5.02 Å². The molecule has 1 aliphatic heterocycles. The quantitative estimate of drug-likeness (QED) is 0.674. The van der Waals surface area contributed by atoms with Crippen molar-refractivity contribution >= 4 is 33.2 Å². The molecule has 0 atom stereocenters. The predicted molar refractivity (Wildman–Crippen MR) is 114 cm³/mol. The van der Waals surface area contributed by atoms with E-state index < -0.39 is 10.0 Å². The number of nitrogens with zero attached hydrogens (tertiary/aromatic N) is 1. The van der Waals surface area contributed by atoms with Crippen LogP contribution in [0.25, 0.3) is 0 Å². The van der Waals surface area contributed by atoms with E-state index in [0.717, 1.165) is 12.0 Å².